The molecule has 4 rings (SSSR count). The Balaban J connectivity index is 1.75. The molecule has 0 atom stereocenters. The number of aromatic nitrogens is 1. The number of hydrogen-bond acceptors (Lipinski definition) is 2. The van der Waals surface area contributed by atoms with Crippen LogP contribution in [0.3, 0.4) is 0 Å². The number of hydrogen-bond donors (Lipinski definition) is 0. The molecule has 110 valence electrons. The molecule has 2 heterocycles. The molecule has 0 N–H and O–H groups in total. The van der Waals surface area contributed by atoms with E-state index in [1.165, 1.54) is 11.6 Å². The van der Waals surface area contributed by atoms with E-state index < -0.39 is 5.79 Å². The highest BCUT2D eigenvalue weighted by Gasteiger charge is 2.38. The fourth-order valence-corrected chi connectivity index (χ4v) is 3.49. The van der Waals surface area contributed by atoms with Gasteiger partial charge in [0.1, 0.15) is 5.82 Å². The highest BCUT2D eigenvalue weighted by molar-refractivity contribution is 5.93. The lowest BCUT2D eigenvalue weighted by Crippen LogP contribution is -2.31. The molecule has 1 aromatic carbocycles. The number of fused-ring (bicyclic) bond motifs is 1. The molecule has 1 aliphatic carbocycles. The van der Waals surface area contributed by atoms with Crippen LogP contribution in [0.1, 0.15) is 24.8 Å². The summed E-state index contributed by atoms with van der Waals surface area (Å²) in [6.45, 7) is 1.37. The summed E-state index contributed by atoms with van der Waals surface area (Å²) in [6, 6.07) is 5.27. The number of halogens is 1. The van der Waals surface area contributed by atoms with Crippen LogP contribution in [0.4, 0.5) is 4.39 Å². The predicted molar refractivity (Wildman–Crippen MR) is 79.3 cm³/mol. The minimum Gasteiger partial charge on any atom is -0.348 e. The van der Waals surface area contributed by atoms with Crippen molar-refractivity contribution < 1.29 is 13.9 Å². The molecular weight excluding hydrogens is 269 g/mol. The normalized spacial score (nSPS) is 21.1. The van der Waals surface area contributed by atoms with Crippen LogP contribution in [0.5, 0.6) is 0 Å². The minimum absolute atomic E-state index is 0.170. The molecule has 2 aromatic rings. The average Bonchev–Trinajstić information content (AvgIpc) is 3.07. The molecule has 0 saturated carbocycles. The Bertz CT molecular complexity index is 726. The molecule has 0 unspecified atom stereocenters. The van der Waals surface area contributed by atoms with Crippen molar-refractivity contribution in [2.45, 2.75) is 25.0 Å². The van der Waals surface area contributed by atoms with E-state index in [1.807, 2.05) is 23.9 Å². The van der Waals surface area contributed by atoms with Crippen LogP contribution in [0.25, 0.3) is 16.5 Å². The minimum atomic E-state index is -0.403. The first-order valence-corrected chi connectivity index (χ1v) is 7.39. The lowest BCUT2D eigenvalue weighted by molar-refractivity contribution is -0.159. The van der Waals surface area contributed by atoms with Crippen LogP contribution >= 0.6 is 0 Å². The second-order valence-corrected chi connectivity index (χ2v) is 5.83. The Morgan fingerprint density at radius 2 is 2.05 bits per heavy atom. The van der Waals surface area contributed by atoms with Crippen LogP contribution in [0, 0.1) is 5.82 Å². The fraction of sp³-hybridized carbons (Fsp3) is 0.412. The van der Waals surface area contributed by atoms with Gasteiger partial charge in [-0.3, -0.25) is 0 Å². The maximum absolute atomic E-state index is 14.0. The molecule has 2 aliphatic rings. The van der Waals surface area contributed by atoms with Crippen LogP contribution in [-0.2, 0) is 16.5 Å². The zero-order chi connectivity index (χ0) is 14.4. The molecule has 0 amide bonds. The van der Waals surface area contributed by atoms with Crippen molar-refractivity contribution in [3.05, 3.63) is 41.9 Å². The summed E-state index contributed by atoms with van der Waals surface area (Å²) in [5.41, 5.74) is 3.05. The summed E-state index contributed by atoms with van der Waals surface area (Å²) < 4.78 is 27.3. The summed E-state index contributed by atoms with van der Waals surface area (Å²) in [6.07, 6.45) is 6.75. The zero-order valence-corrected chi connectivity index (χ0v) is 12.1. The quantitative estimate of drug-likeness (QED) is 0.799. The molecule has 1 saturated heterocycles. The van der Waals surface area contributed by atoms with Crippen molar-refractivity contribution in [1.82, 2.24) is 4.57 Å². The standard InChI is InChI=1S/C17H18FNO2/c1-19-11-14(13-3-2-4-15(18)16(13)19)12-5-7-17(8-6-12)20-9-10-21-17/h2-5,11H,6-10H2,1H3. The number of nitrogens with zero attached hydrogens (tertiary/aromatic N) is 1. The Morgan fingerprint density at radius 3 is 2.76 bits per heavy atom. The van der Waals surface area contributed by atoms with Gasteiger partial charge < -0.3 is 14.0 Å². The first-order valence-electron chi connectivity index (χ1n) is 7.39. The highest BCUT2D eigenvalue weighted by Crippen LogP contribution is 2.40. The van der Waals surface area contributed by atoms with Crippen molar-refractivity contribution in [1.29, 1.82) is 0 Å². The number of rotatable bonds is 1. The van der Waals surface area contributed by atoms with Gasteiger partial charge >= 0.3 is 0 Å². The maximum atomic E-state index is 14.0. The number of para-hydroxylation sites is 1. The molecule has 3 nitrogen and oxygen atoms in total. The Morgan fingerprint density at radius 1 is 1.24 bits per heavy atom. The third-order valence-corrected chi connectivity index (χ3v) is 4.55. The number of aryl methyl sites for hydroxylation is 1. The van der Waals surface area contributed by atoms with Gasteiger partial charge in [0.05, 0.1) is 18.7 Å². The van der Waals surface area contributed by atoms with E-state index in [4.69, 9.17) is 9.47 Å². The average molecular weight is 287 g/mol. The van der Waals surface area contributed by atoms with Crippen LogP contribution in [0.2, 0.25) is 0 Å². The van der Waals surface area contributed by atoms with Crippen molar-refractivity contribution in [2.24, 2.45) is 7.05 Å². The monoisotopic (exact) mass is 287 g/mol. The number of allylic oxidation sites excluding steroid dienone is 1. The molecule has 1 aliphatic heterocycles. The molecule has 1 fully saturated rings. The lowest BCUT2D eigenvalue weighted by Gasteiger charge is -2.30. The summed E-state index contributed by atoms with van der Waals surface area (Å²) in [5, 5.41) is 0.980. The van der Waals surface area contributed by atoms with Gasteiger partial charge in [0.15, 0.2) is 5.79 Å². The first kappa shape index (κ1) is 13.0. The summed E-state index contributed by atoms with van der Waals surface area (Å²) in [4.78, 5) is 0. The number of benzene rings is 1. The molecule has 21 heavy (non-hydrogen) atoms. The van der Waals surface area contributed by atoms with Crippen molar-refractivity contribution >= 4 is 16.5 Å². The Kier molecular flexibility index (Phi) is 2.91. The van der Waals surface area contributed by atoms with E-state index in [9.17, 15) is 4.39 Å². The van der Waals surface area contributed by atoms with Gasteiger partial charge in [-0.05, 0) is 18.1 Å². The zero-order valence-electron chi connectivity index (χ0n) is 12.1. The summed E-state index contributed by atoms with van der Waals surface area (Å²) in [5.74, 6) is -0.573. The van der Waals surface area contributed by atoms with Crippen molar-refractivity contribution in [3.63, 3.8) is 0 Å². The van der Waals surface area contributed by atoms with Crippen molar-refractivity contribution in [2.75, 3.05) is 13.2 Å². The first-order chi connectivity index (χ1) is 10.2. The molecular formula is C17H18FNO2. The van der Waals surface area contributed by atoms with E-state index in [0.29, 0.717) is 18.7 Å². The molecule has 0 radical (unpaired) electrons. The van der Waals surface area contributed by atoms with Crippen LogP contribution in [0.15, 0.2) is 30.5 Å². The van der Waals surface area contributed by atoms with E-state index in [1.54, 1.807) is 6.07 Å². The second-order valence-electron chi connectivity index (χ2n) is 5.83. The van der Waals surface area contributed by atoms with E-state index in [2.05, 4.69) is 6.08 Å². The molecule has 1 spiro atoms. The summed E-state index contributed by atoms with van der Waals surface area (Å²) >= 11 is 0. The van der Waals surface area contributed by atoms with Gasteiger partial charge in [0.25, 0.3) is 0 Å². The number of ether oxygens (including phenoxy) is 2. The third-order valence-electron chi connectivity index (χ3n) is 4.55. The van der Waals surface area contributed by atoms with E-state index in [0.717, 1.165) is 30.2 Å². The van der Waals surface area contributed by atoms with Gasteiger partial charge in [-0.2, -0.15) is 0 Å². The Hall–Kier alpha value is -1.65. The second kappa shape index (κ2) is 4.68. The SMILES string of the molecule is Cn1cc(C2=CCC3(CC2)OCCO3)c2cccc(F)c21. The molecule has 1 aromatic heterocycles. The van der Waals surface area contributed by atoms with Gasteiger partial charge in [-0.15, -0.1) is 0 Å². The topological polar surface area (TPSA) is 23.4 Å². The largest absolute Gasteiger partial charge is 0.348 e. The smallest absolute Gasteiger partial charge is 0.172 e. The van der Waals surface area contributed by atoms with Gasteiger partial charge in [0.2, 0.25) is 0 Å². The summed E-state index contributed by atoms with van der Waals surface area (Å²) in [7, 11) is 1.89. The van der Waals surface area contributed by atoms with E-state index >= 15 is 0 Å². The molecule has 0 bridgehead atoms. The van der Waals surface area contributed by atoms with Gasteiger partial charge in [0, 0.05) is 37.0 Å². The highest BCUT2D eigenvalue weighted by atomic mass is 19.1. The molecule has 4 heteroatoms. The fourth-order valence-electron chi connectivity index (χ4n) is 3.49. The van der Waals surface area contributed by atoms with Crippen LogP contribution in [-0.4, -0.2) is 23.6 Å². The van der Waals surface area contributed by atoms with Gasteiger partial charge in [-0.1, -0.05) is 18.2 Å². The van der Waals surface area contributed by atoms with Gasteiger partial charge in [-0.25, -0.2) is 4.39 Å². The van der Waals surface area contributed by atoms with Crippen molar-refractivity contribution in [3.8, 4) is 0 Å². The third kappa shape index (κ3) is 2.01. The Labute approximate surface area is 123 Å². The predicted octanol–water partition coefficient (Wildman–Crippen LogP) is 3.63. The van der Waals surface area contributed by atoms with E-state index in [-0.39, 0.29) is 5.82 Å². The lowest BCUT2D eigenvalue weighted by atomic mass is 9.89. The van der Waals surface area contributed by atoms with Crippen LogP contribution < -0.4 is 0 Å². The maximum Gasteiger partial charge on any atom is 0.172 e.